The monoisotopic (exact) mass is 823 g/mol. The fraction of sp³-hybridized carbons (Fsp3) is 0.105. The van der Waals surface area contributed by atoms with Gasteiger partial charge in [-0.1, -0.05) is 139 Å². The van der Waals surface area contributed by atoms with Crippen molar-refractivity contribution in [2.24, 2.45) is 0 Å². The highest BCUT2D eigenvalue weighted by Crippen LogP contribution is 2.40. The maximum absolute atomic E-state index is 16.1. The second kappa shape index (κ2) is 17.6. The minimum absolute atomic E-state index is 0.0677. The molecule has 10 rings (SSSR count). The van der Waals surface area contributed by atoms with Crippen molar-refractivity contribution >= 4 is 21.9 Å². The average molecular weight is 824 g/mol. The molecule has 4 aromatic heterocycles. The van der Waals surface area contributed by atoms with Crippen LogP contribution in [0.4, 0.5) is 4.39 Å². The predicted molar refractivity (Wildman–Crippen MR) is 250 cm³/mol. The lowest BCUT2D eigenvalue weighted by atomic mass is 9.94. The molecule has 0 amide bonds. The molecule has 4 heterocycles. The van der Waals surface area contributed by atoms with Gasteiger partial charge in [0, 0.05) is 62.5 Å². The maximum atomic E-state index is 16.1. The number of pyridine rings is 3. The predicted octanol–water partition coefficient (Wildman–Crippen LogP) is 13.9. The molecular weight excluding hydrogens is 762 g/mol. The van der Waals surface area contributed by atoms with Crippen LogP contribution in [0.1, 0.15) is 58.1 Å². The lowest BCUT2D eigenvalue weighted by Crippen LogP contribution is -2.00. The number of hydrogen-bond acceptors (Lipinski definition) is 4. The summed E-state index contributed by atoms with van der Waals surface area (Å²) in [6.45, 7) is 0. The van der Waals surface area contributed by atoms with Gasteiger partial charge >= 0.3 is 0 Å². The van der Waals surface area contributed by atoms with Crippen molar-refractivity contribution < 1.29 is 33.5 Å². The van der Waals surface area contributed by atoms with Gasteiger partial charge in [0.25, 0.3) is 0 Å². The van der Waals surface area contributed by atoms with Gasteiger partial charge in [-0.15, -0.1) is 0 Å². The van der Waals surface area contributed by atoms with Gasteiger partial charge in [-0.05, 0) is 114 Å². The SMILES string of the molecule is [2H]c1cc2c(oc3c(-c4ccc(C([2H])([2H])C([2H])([2H])c5cc(C([2H])([2H])C([2H])([2H])c6ccc(-c7ccccc7)nc6)cc(C([2H])([2H])C([2H])([2H])c6ccc(-c7ccccc7)nc6)c5)cn4)cccc32)c(-c2c([2H])c([2H])c([2H])c([2H])c2[2H])c1F. The van der Waals surface area contributed by atoms with Crippen molar-refractivity contribution in [1.82, 2.24) is 15.0 Å². The van der Waals surface area contributed by atoms with Gasteiger partial charge in [0.05, 0.1) is 30.9 Å². The molecule has 0 fully saturated rings. The second-order valence-electron chi connectivity index (χ2n) is 14.1. The normalized spacial score (nSPS) is 17.0. The van der Waals surface area contributed by atoms with Crippen LogP contribution in [0.25, 0.3) is 66.8 Å². The molecule has 300 valence electrons. The third kappa shape index (κ3) is 8.43. The molecular formula is C57H44FN3O. The zero-order valence-corrected chi connectivity index (χ0v) is 32.6. The molecule has 62 heavy (non-hydrogen) atoms. The molecule has 10 aromatic rings. The standard InChI is InChI=1S/C57H44FN3O/c58-51-29-28-49-48-17-10-18-50(56(48)62-57(49)55(51)47-15-8-3-9-16-47)54-32-27-41(38-61-54)21-24-44-34-42(22-19-39-25-30-52(59-36-39)45-11-4-1-5-12-45)33-43(35-44)23-20-40-26-31-53(60-37-40)46-13-6-2-7-14-46/h1-18,25-38H,19-24H2/i3D,8D,9D,15D,16D,19D2,20D2,21D2,22D2,23D2,24D2,29D. The first-order valence-electron chi connectivity index (χ1n) is 28.5. The van der Waals surface area contributed by atoms with E-state index in [0.29, 0.717) is 27.9 Å². The third-order valence-corrected chi connectivity index (χ3v) is 9.99. The number of aromatic nitrogens is 3. The minimum Gasteiger partial charge on any atom is -0.455 e. The van der Waals surface area contributed by atoms with Gasteiger partial charge in [-0.25, -0.2) is 4.39 Å². The van der Waals surface area contributed by atoms with Gasteiger partial charge in [0.15, 0.2) is 0 Å². The molecule has 5 heteroatoms. The van der Waals surface area contributed by atoms with Crippen LogP contribution in [0.15, 0.2) is 199 Å². The Labute approximate surface area is 386 Å². The Balaban J connectivity index is 1.06. The number of aryl methyl sites for hydroxylation is 6. The number of benzene rings is 6. The minimum atomic E-state index is -3.24. The summed E-state index contributed by atoms with van der Waals surface area (Å²) in [4.78, 5) is 13.2. The van der Waals surface area contributed by atoms with Crippen LogP contribution < -0.4 is 0 Å². The molecule has 6 aromatic carbocycles. The van der Waals surface area contributed by atoms with Crippen molar-refractivity contribution in [1.29, 1.82) is 0 Å². The number of furan rings is 1. The lowest BCUT2D eigenvalue weighted by molar-refractivity contribution is 0.622. The summed E-state index contributed by atoms with van der Waals surface area (Å²) in [7, 11) is 0. The highest BCUT2D eigenvalue weighted by Gasteiger charge is 2.19. The molecule has 0 bridgehead atoms. The van der Waals surface area contributed by atoms with Crippen LogP contribution >= 0.6 is 0 Å². The number of fused-ring (bicyclic) bond motifs is 3. The van der Waals surface area contributed by atoms with Crippen molar-refractivity contribution in [2.75, 3.05) is 0 Å². The number of hydrogen-bond donors (Lipinski definition) is 0. The lowest BCUT2D eigenvalue weighted by Gasteiger charge is -2.12. The van der Waals surface area contributed by atoms with E-state index in [-0.39, 0.29) is 44.5 Å². The summed E-state index contributed by atoms with van der Waals surface area (Å²) >= 11 is 0. The van der Waals surface area contributed by atoms with E-state index in [0.717, 1.165) is 36.8 Å². The largest absolute Gasteiger partial charge is 0.455 e. The smallest absolute Gasteiger partial charge is 0.146 e. The summed E-state index contributed by atoms with van der Waals surface area (Å²) in [5.74, 6) is -1.20. The molecule has 0 aliphatic rings. The van der Waals surface area contributed by atoms with E-state index in [2.05, 4.69) is 15.0 Å². The summed E-state index contributed by atoms with van der Waals surface area (Å²) in [5.41, 5.74) is -1.29. The number of para-hydroxylation sites is 1. The Morgan fingerprint density at radius 3 is 1.42 bits per heavy atom. The zero-order valence-electron chi connectivity index (χ0n) is 50.6. The van der Waals surface area contributed by atoms with Crippen LogP contribution in [0.3, 0.4) is 0 Å². The van der Waals surface area contributed by atoms with E-state index in [1.54, 1.807) is 66.7 Å². The number of nitrogens with zero attached hydrogens (tertiary/aromatic N) is 3. The molecule has 0 aliphatic carbocycles. The van der Waals surface area contributed by atoms with Crippen molar-refractivity contribution in [3.8, 4) is 44.9 Å². The highest BCUT2D eigenvalue weighted by molar-refractivity contribution is 6.12. The summed E-state index contributed by atoms with van der Waals surface area (Å²) < 4.78 is 185. The van der Waals surface area contributed by atoms with Gasteiger partial charge < -0.3 is 4.42 Å². The zero-order chi connectivity index (χ0) is 57.6. The summed E-state index contributed by atoms with van der Waals surface area (Å²) in [5, 5.41) is 0.491. The van der Waals surface area contributed by atoms with Crippen LogP contribution in [0, 0.1) is 5.82 Å². The first-order chi connectivity index (χ1) is 37.6. The molecule has 0 saturated heterocycles. The Morgan fingerprint density at radius 1 is 0.435 bits per heavy atom. The highest BCUT2D eigenvalue weighted by atomic mass is 19.1. The average Bonchev–Trinajstić information content (AvgIpc) is 3.83. The van der Waals surface area contributed by atoms with Crippen molar-refractivity contribution in [2.45, 2.75) is 38.2 Å². The van der Waals surface area contributed by atoms with E-state index in [4.69, 9.17) is 12.6 Å². The van der Waals surface area contributed by atoms with E-state index < -0.39 is 108 Å². The molecule has 0 N–H and O–H groups in total. The molecule has 0 unspecified atom stereocenters. The van der Waals surface area contributed by atoms with E-state index in [1.807, 2.05) is 12.1 Å². The van der Waals surface area contributed by atoms with Gasteiger partial charge in [-0.2, -0.15) is 0 Å². The van der Waals surface area contributed by atoms with Crippen LogP contribution in [0.5, 0.6) is 0 Å². The van der Waals surface area contributed by atoms with E-state index in [9.17, 15) is 16.4 Å². The maximum Gasteiger partial charge on any atom is 0.146 e. The summed E-state index contributed by atoms with van der Waals surface area (Å²) in [6, 6.07) is 30.6. The molecule has 0 aliphatic heterocycles. The number of rotatable bonds is 13. The van der Waals surface area contributed by atoms with Crippen LogP contribution in [0.2, 0.25) is 0 Å². The fourth-order valence-electron chi connectivity index (χ4n) is 6.97. The van der Waals surface area contributed by atoms with E-state index in [1.165, 1.54) is 42.5 Å². The topological polar surface area (TPSA) is 51.8 Å². The fourth-order valence-corrected chi connectivity index (χ4v) is 6.97. The quantitative estimate of drug-likeness (QED) is 0.116. The Hall–Kier alpha value is -7.50. The first kappa shape index (κ1) is 23.5. The van der Waals surface area contributed by atoms with Crippen LogP contribution in [-0.4, -0.2) is 15.0 Å². The molecule has 0 atom stereocenters. The Morgan fingerprint density at radius 2 is 0.919 bits per heavy atom. The first-order valence-corrected chi connectivity index (χ1v) is 19.5. The molecule has 0 radical (unpaired) electrons. The number of halogens is 1. The molecule has 4 nitrogen and oxygen atoms in total. The van der Waals surface area contributed by atoms with Crippen molar-refractivity contribution in [3.05, 3.63) is 234 Å². The Bertz CT molecular complexity index is 3870. The second-order valence-corrected chi connectivity index (χ2v) is 14.1. The molecule has 0 spiro atoms. The van der Waals surface area contributed by atoms with Gasteiger partial charge in [0.2, 0.25) is 0 Å². The van der Waals surface area contributed by atoms with E-state index >= 15 is 4.39 Å². The van der Waals surface area contributed by atoms with Gasteiger partial charge in [-0.3, -0.25) is 15.0 Å². The van der Waals surface area contributed by atoms with Gasteiger partial charge in [0.1, 0.15) is 17.0 Å². The van der Waals surface area contributed by atoms with Crippen molar-refractivity contribution in [3.63, 3.8) is 0 Å². The Kier molecular flexibility index (Phi) is 6.67. The summed E-state index contributed by atoms with van der Waals surface area (Å²) in [6.07, 6.45) is -15.2. The molecule has 0 saturated carbocycles. The third-order valence-electron chi connectivity index (χ3n) is 9.99. The van der Waals surface area contributed by atoms with Crippen LogP contribution in [-0.2, 0) is 38.2 Å².